The maximum atomic E-state index is 13.3. The summed E-state index contributed by atoms with van der Waals surface area (Å²) >= 11 is 6.46. The van der Waals surface area contributed by atoms with E-state index in [4.69, 9.17) is 17.3 Å². The van der Waals surface area contributed by atoms with E-state index in [0.717, 1.165) is 31.0 Å². The Morgan fingerprint density at radius 1 is 1.25 bits per heavy atom. The van der Waals surface area contributed by atoms with Crippen LogP contribution < -0.4 is 21.6 Å². The predicted octanol–water partition coefficient (Wildman–Crippen LogP) is 3.92. The Kier molecular flexibility index (Phi) is 6.01. The van der Waals surface area contributed by atoms with E-state index in [9.17, 15) is 22.8 Å². The van der Waals surface area contributed by atoms with Crippen LogP contribution in [0, 0.1) is 5.92 Å². The Hall–Kier alpha value is -3.07. The Labute approximate surface area is 210 Å². The molecule has 1 atom stereocenters. The van der Waals surface area contributed by atoms with E-state index in [-0.39, 0.29) is 35.9 Å². The minimum atomic E-state index is -4.51. The molecule has 2 amide bonds. The summed E-state index contributed by atoms with van der Waals surface area (Å²) in [5.74, 6) is -1.27. The summed E-state index contributed by atoms with van der Waals surface area (Å²) in [6, 6.07) is 3.12. The zero-order valence-electron chi connectivity index (χ0n) is 19.7. The molecule has 0 saturated heterocycles. The SMILES string of the molecule is CC1C=C(Cl)C=c2c(C(N)=O)c(-c3ccc(C(=O)NC4(C(F)(F)F)CC4)cn3)n(C3CCC3)c2=CC1. The van der Waals surface area contributed by atoms with Gasteiger partial charge in [-0.25, -0.2) is 0 Å². The summed E-state index contributed by atoms with van der Waals surface area (Å²) in [5, 5.41) is 4.10. The van der Waals surface area contributed by atoms with Crippen molar-refractivity contribution >= 4 is 35.6 Å². The van der Waals surface area contributed by atoms with E-state index in [0.29, 0.717) is 21.6 Å². The van der Waals surface area contributed by atoms with Crippen LogP contribution in [0.15, 0.2) is 29.4 Å². The number of fused-ring (bicyclic) bond motifs is 1. The molecule has 6 nitrogen and oxygen atoms in total. The summed E-state index contributed by atoms with van der Waals surface area (Å²) in [6.45, 7) is 2.06. The van der Waals surface area contributed by atoms with E-state index in [1.807, 2.05) is 6.08 Å². The number of primary amides is 1. The first-order valence-corrected chi connectivity index (χ1v) is 12.4. The molecule has 2 aromatic heterocycles. The van der Waals surface area contributed by atoms with Crippen LogP contribution in [0.1, 0.15) is 72.2 Å². The standard InChI is InChI=1S/C26H26ClF3N4O2/c1-14-5-8-20-18(12-16(27)11-14)21(23(31)35)22(34(20)17-3-2-4-17)19-7-6-15(13-32-19)24(36)33-25(9-10-25)26(28,29)30/h6-8,11-14,17H,2-5,9-10H2,1H3,(H2,31,35)(H,33,36). The van der Waals surface area contributed by atoms with Crippen LogP contribution >= 0.6 is 11.6 Å². The molecule has 2 saturated carbocycles. The van der Waals surface area contributed by atoms with Crippen molar-refractivity contribution in [3.63, 3.8) is 0 Å². The first-order valence-electron chi connectivity index (χ1n) is 12.0. The third kappa shape index (κ3) is 4.23. The number of nitrogens with one attached hydrogen (secondary N) is 1. The third-order valence-corrected chi connectivity index (χ3v) is 7.53. The summed E-state index contributed by atoms with van der Waals surface area (Å²) in [6.07, 6.45) is 5.83. The van der Waals surface area contributed by atoms with E-state index in [1.54, 1.807) is 12.1 Å². The smallest absolute Gasteiger partial charge is 0.366 e. The van der Waals surface area contributed by atoms with Gasteiger partial charge in [-0.3, -0.25) is 14.6 Å². The first kappa shape index (κ1) is 24.6. The average molecular weight is 519 g/mol. The van der Waals surface area contributed by atoms with Crippen LogP contribution in [0.2, 0.25) is 0 Å². The maximum absolute atomic E-state index is 13.3. The normalized spacial score (nSPS) is 21.0. The number of hydrogen-bond acceptors (Lipinski definition) is 3. The number of rotatable bonds is 5. The van der Waals surface area contributed by atoms with Gasteiger partial charge in [0.1, 0.15) is 5.54 Å². The number of nitrogens with two attached hydrogens (primary N) is 1. The summed E-state index contributed by atoms with van der Waals surface area (Å²) in [5.41, 5.74) is 4.93. The molecule has 36 heavy (non-hydrogen) atoms. The number of allylic oxidation sites excluding steroid dienone is 2. The van der Waals surface area contributed by atoms with Crippen molar-refractivity contribution < 1.29 is 22.8 Å². The van der Waals surface area contributed by atoms with Gasteiger partial charge in [-0.15, -0.1) is 0 Å². The molecule has 0 bridgehead atoms. The van der Waals surface area contributed by atoms with E-state index in [1.165, 1.54) is 12.3 Å². The molecule has 3 aliphatic carbocycles. The zero-order valence-corrected chi connectivity index (χ0v) is 20.4. The molecule has 190 valence electrons. The van der Waals surface area contributed by atoms with Gasteiger partial charge in [-0.1, -0.05) is 30.7 Å². The second kappa shape index (κ2) is 8.80. The number of aromatic nitrogens is 2. The lowest BCUT2D eigenvalue weighted by atomic mass is 9.92. The fourth-order valence-electron chi connectivity index (χ4n) is 4.89. The molecule has 0 spiro atoms. The Balaban J connectivity index is 1.61. The average Bonchev–Trinajstić information content (AvgIpc) is 3.48. The van der Waals surface area contributed by atoms with Crippen LogP contribution in [0.5, 0.6) is 0 Å². The number of nitrogens with zero attached hydrogens (tertiary/aromatic N) is 2. The summed E-state index contributed by atoms with van der Waals surface area (Å²) in [7, 11) is 0. The number of carbonyl (C=O) groups is 2. The predicted molar refractivity (Wildman–Crippen MR) is 130 cm³/mol. The fraction of sp³-hybridized carbons (Fsp3) is 0.423. The summed E-state index contributed by atoms with van der Waals surface area (Å²) in [4.78, 5) is 29.7. The van der Waals surface area contributed by atoms with Crippen molar-refractivity contribution in [1.29, 1.82) is 0 Å². The lowest BCUT2D eigenvalue weighted by Gasteiger charge is -2.30. The molecule has 1 unspecified atom stereocenters. The van der Waals surface area contributed by atoms with Crippen LogP contribution in [-0.4, -0.2) is 33.1 Å². The summed E-state index contributed by atoms with van der Waals surface area (Å²) < 4.78 is 41.9. The van der Waals surface area contributed by atoms with Crippen molar-refractivity contribution in [2.45, 2.75) is 63.2 Å². The maximum Gasteiger partial charge on any atom is 0.411 e. The number of alkyl halides is 3. The molecule has 3 N–H and O–H groups in total. The van der Waals surface area contributed by atoms with Gasteiger partial charge < -0.3 is 15.6 Å². The molecular weight excluding hydrogens is 493 g/mol. The highest BCUT2D eigenvalue weighted by atomic mass is 35.5. The molecule has 0 aliphatic heterocycles. The van der Waals surface area contributed by atoms with Gasteiger partial charge in [0.2, 0.25) is 0 Å². The highest BCUT2D eigenvalue weighted by Gasteiger charge is 2.64. The highest BCUT2D eigenvalue weighted by molar-refractivity contribution is 6.34. The molecule has 0 aromatic carbocycles. The minimum Gasteiger partial charge on any atom is -0.366 e. The van der Waals surface area contributed by atoms with E-state index >= 15 is 0 Å². The fourth-order valence-corrected chi connectivity index (χ4v) is 5.22. The van der Waals surface area contributed by atoms with Gasteiger partial charge in [0, 0.05) is 27.8 Å². The number of hydrogen-bond donors (Lipinski definition) is 2. The van der Waals surface area contributed by atoms with Crippen LogP contribution in [-0.2, 0) is 0 Å². The highest BCUT2D eigenvalue weighted by Crippen LogP contribution is 2.49. The Bertz CT molecular complexity index is 1380. The molecule has 10 heteroatoms. The van der Waals surface area contributed by atoms with Crippen molar-refractivity contribution in [2.24, 2.45) is 11.7 Å². The first-order chi connectivity index (χ1) is 17.0. The van der Waals surface area contributed by atoms with Gasteiger partial charge in [0.05, 0.1) is 22.5 Å². The zero-order chi connectivity index (χ0) is 25.8. The van der Waals surface area contributed by atoms with Crippen molar-refractivity contribution in [3.8, 4) is 11.4 Å². The van der Waals surface area contributed by atoms with Crippen molar-refractivity contribution in [1.82, 2.24) is 14.9 Å². The third-order valence-electron chi connectivity index (χ3n) is 7.29. The van der Waals surface area contributed by atoms with Crippen LogP contribution in [0.4, 0.5) is 13.2 Å². The molecule has 3 aliphatic rings. The monoisotopic (exact) mass is 518 g/mol. The number of carbonyl (C=O) groups excluding carboxylic acids is 2. The lowest BCUT2D eigenvalue weighted by molar-refractivity contribution is -0.163. The largest absolute Gasteiger partial charge is 0.411 e. The number of amides is 2. The Morgan fingerprint density at radius 2 is 1.97 bits per heavy atom. The van der Waals surface area contributed by atoms with Crippen LogP contribution in [0.25, 0.3) is 23.5 Å². The Morgan fingerprint density at radius 3 is 2.50 bits per heavy atom. The van der Waals surface area contributed by atoms with Crippen molar-refractivity contribution in [3.05, 3.63) is 51.1 Å². The van der Waals surface area contributed by atoms with Crippen LogP contribution in [0.3, 0.4) is 0 Å². The second-order valence-corrected chi connectivity index (χ2v) is 10.4. The number of halogens is 4. The molecule has 2 fully saturated rings. The second-order valence-electron chi connectivity index (χ2n) is 9.92. The van der Waals surface area contributed by atoms with Gasteiger partial charge in [-0.05, 0) is 62.7 Å². The van der Waals surface area contributed by atoms with E-state index < -0.39 is 23.5 Å². The van der Waals surface area contributed by atoms with E-state index in [2.05, 4.69) is 27.9 Å². The molecule has 0 radical (unpaired) electrons. The molecular formula is C26H26ClF3N4O2. The topological polar surface area (TPSA) is 90.0 Å². The lowest BCUT2D eigenvalue weighted by Crippen LogP contribution is -2.47. The molecule has 2 heterocycles. The molecule has 2 aromatic rings. The molecule has 5 rings (SSSR count). The van der Waals surface area contributed by atoms with Crippen molar-refractivity contribution in [2.75, 3.05) is 0 Å². The quantitative estimate of drug-likeness (QED) is 0.628. The van der Waals surface area contributed by atoms with Gasteiger partial charge >= 0.3 is 6.18 Å². The van der Waals surface area contributed by atoms with Gasteiger partial charge in [0.25, 0.3) is 11.8 Å². The van der Waals surface area contributed by atoms with Gasteiger partial charge in [0.15, 0.2) is 0 Å². The minimum absolute atomic E-state index is 0.00735. The number of pyridine rings is 1. The van der Waals surface area contributed by atoms with Gasteiger partial charge in [-0.2, -0.15) is 13.2 Å².